The molecule has 2 amide bonds. The molecule has 0 atom stereocenters. The number of amides is 2. The summed E-state index contributed by atoms with van der Waals surface area (Å²) in [6, 6.07) is 6.77. The van der Waals surface area contributed by atoms with E-state index in [1.54, 1.807) is 12.1 Å². The van der Waals surface area contributed by atoms with Crippen molar-refractivity contribution in [3.05, 3.63) is 41.5 Å². The van der Waals surface area contributed by atoms with Gasteiger partial charge in [-0.3, -0.25) is 9.59 Å². The zero-order valence-corrected chi connectivity index (χ0v) is 14.8. The molecule has 144 valence electrons. The summed E-state index contributed by atoms with van der Waals surface area (Å²) >= 11 is 0. The smallest absolute Gasteiger partial charge is 0.251 e. The summed E-state index contributed by atoms with van der Waals surface area (Å²) in [5, 5.41) is 33.3. The first-order chi connectivity index (χ1) is 12.9. The van der Waals surface area contributed by atoms with E-state index in [1.807, 2.05) is 0 Å². The molecule has 0 aromatic heterocycles. The zero-order chi connectivity index (χ0) is 20.0. The molecule has 2 aromatic carbocycles. The van der Waals surface area contributed by atoms with Crippen LogP contribution in [0.4, 0.5) is 0 Å². The molecule has 0 saturated heterocycles. The van der Waals surface area contributed by atoms with Crippen LogP contribution in [0, 0.1) is 0 Å². The maximum absolute atomic E-state index is 12.1. The minimum absolute atomic E-state index is 0.0333. The van der Waals surface area contributed by atoms with Gasteiger partial charge in [0.05, 0.1) is 14.2 Å². The molecule has 0 saturated carbocycles. The average Bonchev–Trinajstić information content (AvgIpc) is 2.67. The third-order valence-corrected chi connectivity index (χ3v) is 3.67. The molecule has 2 aromatic rings. The van der Waals surface area contributed by atoms with Crippen molar-refractivity contribution in [2.75, 3.05) is 27.3 Å². The van der Waals surface area contributed by atoms with E-state index in [0.29, 0.717) is 17.1 Å². The summed E-state index contributed by atoms with van der Waals surface area (Å²) < 4.78 is 10.2. The third-order valence-electron chi connectivity index (χ3n) is 3.67. The molecular weight excluding hydrogens is 356 g/mol. The quantitative estimate of drug-likeness (QED) is 0.359. The topological polar surface area (TPSA) is 137 Å². The van der Waals surface area contributed by atoms with Crippen molar-refractivity contribution in [3.8, 4) is 28.7 Å². The fraction of sp³-hybridized carbons (Fsp3) is 0.222. The van der Waals surface area contributed by atoms with Gasteiger partial charge < -0.3 is 35.4 Å². The lowest BCUT2D eigenvalue weighted by molar-refractivity contribution is 0.0927. The molecule has 27 heavy (non-hydrogen) atoms. The Balaban J connectivity index is 1.88. The molecule has 0 heterocycles. The van der Waals surface area contributed by atoms with Crippen LogP contribution in [0.5, 0.6) is 28.7 Å². The van der Waals surface area contributed by atoms with E-state index in [-0.39, 0.29) is 24.6 Å². The molecule has 9 heteroatoms. The Morgan fingerprint density at radius 1 is 0.815 bits per heavy atom. The molecule has 9 nitrogen and oxygen atoms in total. The Hall–Kier alpha value is -3.62. The Bertz CT molecular complexity index is 829. The van der Waals surface area contributed by atoms with Crippen molar-refractivity contribution >= 4 is 11.8 Å². The summed E-state index contributed by atoms with van der Waals surface area (Å²) in [6.45, 7) is 0.259. The number of carbonyl (C=O) groups excluding carboxylic acids is 2. The van der Waals surface area contributed by atoms with Crippen LogP contribution in [-0.2, 0) is 0 Å². The molecule has 0 radical (unpaired) electrons. The first-order valence-corrected chi connectivity index (χ1v) is 7.90. The van der Waals surface area contributed by atoms with Crippen molar-refractivity contribution in [2.24, 2.45) is 0 Å². The molecule has 0 spiro atoms. The first-order valence-electron chi connectivity index (χ1n) is 7.90. The van der Waals surface area contributed by atoms with E-state index < -0.39 is 23.2 Å². The van der Waals surface area contributed by atoms with Gasteiger partial charge in [0.25, 0.3) is 11.8 Å². The normalized spacial score (nSPS) is 10.1. The number of phenols is 3. The van der Waals surface area contributed by atoms with Gasteiger partial charge in [-0.2, -0.15) is 0 Å². The third kappa shape index (κ3) is 4.72. The highest BCUT2D eigenvalue weighted by Gasteiger charge is 2.14. The fourth-order valence-corrected chi connectivity index (χ4v) is 2.27. The number of aromatic hydroxyl groups is 3. The monoisotopic (exact) mass is 376 g/mol. The van der Waals surface area contributed by atoms with E-state index in [2.05, 4.69) is 10.6 Å². The number of nitrogens with one attached hydrogen (secondary N) is 2. The van der Waals surface area contributed by atoms with Crippen LogP contribution in [0.2, 0.25) is 0 Å². The zero-order valence-electron chi connectivity index (χ0n) is 14.8. The molecule has 5 N–H and O–H groups in total. The number of hydrogen-bond donors (Lipinski definition) is 5. The summed E-state index contributed by atoms with van der Waals surface area (Å²) in [6.07, 6.45) is 0. The number of methoxy groups -OCH3 is 2. The molecule has 0 aliphatic heterocycles. The second-order valence-electron chi connectivity index (χ2n) is 5.44. The highest BCUT2D eigenvalue weighted by molar-refractivity contribution is 5.96. The number of rotatable bonds is 7. The summed E-state index contributed by atoms with van der Waals surface area (Å²) in [4.78, 5) is 24.1. The van der Waals surface area contributed by atoms with Crippen LogP contribution >= 0.6 is 0 Å². The largest absolute Gasteiger partial charge is 0.504 e. The van der Waals surface area contributed by atoms with E-state index in [0.717, 1.165) is 12.1 Å². The van der Waals surface area contributed by atoms with Crippen LogP contribution in [0.3, 0.4) is 0 Å². The second-order valence-corrected chi connectivity index (χ2v) is 5.44. The predicted molar refractivity (Wildman–Crippen MR) is 95.6 cm³/mol. The Labute approximate surface area is 155 Å². The average molecular weight is 376 g/mol. The lowest BCUT2D eigenvalue weighted by Crippen LogP contribution is -2.34. The molecule has 0 unspecified atom stereocenters. The molecule has 2 rings (SSSR count). The molecule has 0 aliphatic carbocycles. The van der Waals surface area contributed by atoms with Crippen molar-refractivity contribution in [1.82, 2.24) is 10.6 Å². The first kappa shape index (κ1) is 19.7. The highest BCUT2D eigenvalue weighted by Crippen LogP contribution is 2.35. The van der Waals surface area contributed by atoms with Crippen LogP contribution in [-0.4, -0.2) is 54.4 Å². The predicted octanol–water partition coefficient (Wildman–Crippen LogP) is 0.980. The molecule has 0 fully saturated rings. The van der Waals surface area contributed by atoms with Gasteiger partial charge in [0.15, 0.2) is 28.7 Å². The van der Waals surface area contributed by atoms with E-state index >= 15 is 0 Å². The Kier molecular flexibility index (Phi) is 6.32. The minimum atomic E-state index is -0.700. The maximum Gasteiger partial charge on any atom is 0.251 e. The van der Waals surface area contributed by atoms with Crippen molar-refractivity contribution < 1.29 is 34.4 Å². The number of ether oxygens (including phenoxy) is 2. The lowest BCUT2D eigenvalue weighted by Gasteiger charge is -2.11. The Morgan fingerprint density at radius 2 is 1.33 bits per heavy atom. The summed E-state index contributed by atoms with van der Waals surface area (Å²) in [5.41, 5.74) is 0.335. The van der Waals surface area contributed by atoms with Crippen LogP contribution in [0.25, 0.3) is 0 Å². The number of carbonyl (C=O) groups is 2. The maximum atomic E-state index is 12.1. The van der Waals surface area contributed by atoms with Crippen LogP contribution in [0.15, 0.2) is 30.3 Å². The van der Waals surface area contributed by atoms with Gasteiger partial charge in [-0.15, -0.1) is 0 Å². The van der Waals surface area contributed by atoms with Gasteiger partial charge in [-0.25, -0.2) is 0 Å². The second kappa shape index (κ2) is 8.65. The number of hydrogen-bond acceptors (Lipinski definition) is 7. The van der Waals surface area contributed by atoms with Gasteiger partial charge in [-0.1, -0.05) is 0 Å². The van der Waals surface area contributed by atoms with E-state index in [1.165, 1.54) is 20.3 Å². The summed E-state index contributed by atoms with van der Waals surface area (Å²) in [7, 11) is 2.96. The lowest BCUT2D eigenvalue weighted by atomic mass is 10.1. The minimum Gasteiger partial charge on any atom is -0.504 e. The SMILES string of the molecule is COc1ccc(C(=O)NCCNC(=O)c2cc(O)c(O)c(O)c2)cc1OC. The number of benzene rings is 2. The molecular formula is C18H20N2O7. The van der Waals surface area contributed by atoms with Crippen LogP contribution in [0.1, 0.15) is 20.7 Å². The van der Waals surface area contributed by atoms with Gasteiger partial charge in [0, 0.05) is 24.2 Å². The standard InChI is InChI=1S/C18H20N2O7/c1-26-14-4-3-10(9-15(14)27-2)17(24)19-5-6-20-18(25)11-7-12(21)16(23)13(22)8-11/h3-4,7-9,21-23H,5-6H2,1-2H3,(H,19,24)(H,20,25). The summed E-state index contributed by atoms with van der Waals surface area (Å²) in [5.74, 6) is -1.93. The van der Waals surface area contributed by atoms with Gasteiger partial charge in [0.1, 0.15) is 0 Å². The van der Waals surface area contributed by atoms with Crippen molar-refractivity contribution in [3.63, 3.8) is 0 Å². The molecule has 0 bridgehead atoms. The van der Waals surface area contributed by atoms with E-state index in [9.17, 15) is 24.9 Å². The van der Waals surface area contributed by atoms with Gasteiger partial charge in [0.2, 0.25) is 0 Å². The van der Waals surface area contributed by atoms with Crippen molar-refractivity contribution in [2.45, 2.75) is 0 Å². The van der Waals surface area contributed by atoms with Crippen molar-refractivity contribution in [1.29, 1.82) is 0 Å². The highest BCUT2D eigenvalue weighted by atomic mass is 16.5. The number of phenolic OH excluding ortho intramolecular Hbond substituents is 3. The van der Waals surface area contributed by atoms with Gasteiger partial charge >= 0.3 is 0 Å². The van der Waals surface area contributed by atoms with E-state index in [4.69, 9.17) is 9.47 Å². The molecule has 0 aliphatic rings. The fourth-order valence-electron chi connectivity index (χ4n) is 2.27. The van der Waals surface area contributed by atoms with Crippen LogP contribution < -0.4 is 20.1 Å². The Morgan fingerprint density at radius 3 is 1.85 bits per heavy atom. The van der Waals surface area contributed by atoms with Gasteiger partial charge in [-0.05, 0) is 30.3 Å².